The van der Waals surface area contributed by atoms with Gasteiger partial charge >= 0.3 is 0 Å². The number of hydrogen-bond donors (Lipinski definition) is 1. The molecule has 0 saturated heterocycles. The van der Waals surface area contributed by atoms with Crippen molar-refractivity contribution < 1.29 is 4.74 Å². The van der Waals surface area contributed by atoms with Crippen LogP contribution in [-0.4, -0.2) is 25.3 Å². The van der Waals surface area contributed by atoms with Crippen molar-refractivity contribution in [3.8, 4) is 0 Å². The Morgan fingerprint density at radius 1 is 1.00 bits per heavy atom. The van der Waals surface area contributed by atoms with E-state index >= 15 is 0 Å². The van der Waals surface area contributed by atoms with Crippen LogP contribution in [0.25, 0.3) is 0 Å². The molecular weight excluding hydrogens is 258 g/mol. The second-order valence-electron chi connectivity index (χ2n) is 7.49. The second kappa shape index (κ2) is 10.6. The molecule has 0 aromatic heterocycles. The first-order valence-corrected chi connectivity index (χ1v) is 9.46. The van der Waals surface area contributed by atoms with E-state index in [0.717, 1.165) is 13.2 Å². The van der Waals surface area contributed by atoms with Crippen molar-refractivity contribution in [2.24, 2.45) is 5.41 Å². The van der Waals surface area contributed by atoms with Gasteiger partial charge in [-0.3, -0.25) is 0 Å². The average Bonchev–Trinajstić information content (AvgIpc) is 2.45. The van der Waals surface area contributed by atoms with E-state index in [1.54, 1.807) is 0 Å². The number of nitrogens with one attached hydrogen (secondary N) is 1. The summed E-state index contributed by atoms with van der Waals surface area (Å²) in [6.07, 6.45) is 13.6. The molecule has 1 aliphatic rings. The van der Waals surface area contributed by atoms with Gasteiger partial charge in [0.1, 0.15) is 0 Å². The maximum Gasteiger partial charge on any atom is 0.0733 e. The Hall–Kier alpha value is -0.0800. The van der Waals surface area contributed by atoms with E-state index in [4.69, 9.17) is 4.74 Å². The molecule has 0 aromatic rings. The average molecular weight is 298 g/mol. The predicted octanol–water partition coefficient (Wildman–Crippen LogP) is 5.31. The third-order valence-corrected chi connectivity index (χ3v) is 4.97. The summed E-state index contributed by atoms with van der Waals surface area (Å²) < 4.78 is 6.27. The summed E-state index contributed by atoms with van der Waals surface area (Å²) in [6.45, 7) is 11.4. The smallest absolute Gasteiger partial charge is 0.0733 e. The predicted molar refractivity (Wildman–Crippen MR) is 92.8 cm³/mol. The molecule has 1 fully saturated rings. The highest BCUT2D eigenvalue weighted by molar-refractivity contribution is 4.94. The Labute approximate surface area is 133 Å². The van der Waals surface area contributed by atoms with Crippen LogP contribution in [0.2, 0.25) is 0 Å². The summed E-state index contributed by atoms with van der Waals surface area (Å²) in [5.41, 5.74) is 0.374. The minimum Gasteiger partial charge on any atom is -0.377 e. The van der Waals surface area contributed by atoms with Crippen molar-refractivity contribution in [2.75, 3.05) is 13.2 Å². The largest absolute Gasteiger partial charge is 0.377 e. The molecule has 126 valence electrons. The minimum atomic E-state index is 0.374. The molecule has 2 heteroatoms. The van der Waals surface area contributed by atoms with Gasteiger partial charge in [0.15, 0.2) is 0 Å². The molecule has 21 heavy (non-hydrogen) atoms. The number of unbranched alkanes of at least 4 members (excludes halogenated alkanes) is 5. The highest BCUT2D eigenvalue weighted by atomic mass is 16.5. The third-order valence-electron chi connectivity index (χ3n) is 4.97. The van der Waals surface area contributed by atoms with E-state index in [-0.39, 0.29) is 0 Å². The standard InChI is InChI=1S/C19H39NO/c1-5-7-8-9-10-11-16-21-17-13-12-14-19(3,4)18(17)20-15-6-2/h17-18,20H,5-16H2,1-4H3. The van der Waals surface area contributed by atoms with Crippen LogP contribution < -0.4 is 5.32 Å². The van der Waals surface area contributed by atoms with Crippen LogP contribution in [0.3, 0.4) is 0 Å². The number of rotatable bonds is 11. The third kappa shape index (κ3) is 7.15. The Morgan fingerprint density at radius 3 is 2.43 bits per heavy atom. The fourth-order valence-corrected chi connectivity index (χ4v) is 3.59. The molecule has 0 bridgehead atoms. The normalized spacial score (nSPS) is 25.1. The first-order chi connectivity index (χ1) is 10.1. The van der Waals surface area contributed by atoms with E-state index in [1.165, 1.54) is 64.2 Å². The Kier molecular flexibility index (Phi) is 9.59. The summed E-state index contributed by atoms with van der Waals surface area (Å²) in [5, 5.41) is 3.76. The van der Waals surface area contributed by atoms with Crippen LogP contribution in [0, 0.1) is 5.41 Å². The molecule has 2 unspecified atom stereocenters. The lowest BCUT2D eigenvalue weighted by atomic mass is 9.71. The van der Waals surface area contributed by atoms with Crippen molar-refractivity contribution in [1.82, 2.24) is 5.32 Å². The van der Waals surface area contributed by atoms with E-state index in [0.29, 0.717) is 17.6 Å². The number of hydrogen-bond acceptors (Lipinski definition) is 2. The molecular formula is C19H39NO. The Bertz CT molecular complexity index is 252. The lowest BCUT2D eigenvalue weighted by Crippen LogP contribution is -2.53. The highest BCUT2D eigenvalue weighted by Crippen LogP contribution is 2.37. The molecule has 0 aliphatic heterocycles. The summed E-state index contributed by atoms with van der Waals surface area (Å²) >= 11 is 0. The maximum atomic E-state index is 6.27. The molecule has 2 nitrogen and oxygen atoms in total. The molecule has 0 aromatic carbocycles. The van der Waals surface area contributed by atoms with Gasteiger partial charge in [0.05, 0.1) is 6.10 Å². The summed E-state index contributed by atoms with van der Waals surface area (Å²) in [4.78, 5) is 0. The maximum absolute atomic E-state index is 6.27. The van der Waals surface area contributed by atoms with Crippen LogP contribution in [0.4, 0.5) is 0 Å². The zero-order valence-electron chi connectivity index (χ0n) is 15.0. The summed E-state index contributed by atoms with van der Waals surface area (Å²) in [7, 11) is 0. The van der Waals surface area contributed by atoms with Crippen molar-refractivity contribution in [1.29, 1.82) is 0 Å². The minimum absolute atomic E-state index is 0.374. The molecule has 0 spiro atoms. The quantitative estimate of drug-likeness (QED) is 0.522. The second-order valence-corrected chi connectivity index (χ2v) is 7.49. The van der Waals surface area contributed by atoms with Crippen LogP contribution in [0.1, 0.15) is 91.9 Å². The van der Waals surface area contributed by atoms with Gasteiger partial charge in [0.2, 0.25) is 0 Å². The van der Waals surface area contributed by atoms with Crippen molar-refractivity contribution in [3.63, 3.8) is 0 Å². The van der Waals surface area contributed by atoms with Gasteiger partial charge in [-0.25, -0.2) is 0 Å². The topological polar surface area (TPSA) is 21.3 Å². The molecule has 0 amide bonds. The molecule has 1 aliphatic carbocycles. The zero-order chi connectivity index (χ0) is 15.6. The van der Waals surface area contributed by atoms with Gasteiger partial charge in [-0.1, -0.05) is 66.2 Å². The fourth-order valence-electron chi connectivity index (χ4n) is 3.59. The Balaban J connectivity index is 2.26. The molecule has 1 saturated carbocycles. The molecule has 1 N–H and O–H groups in total. The molecule has 0 radical (unpaired) electrons. The number of ether oxygens (including phenoxy) is 1. The van der Waals surface area contributed by atoms with Crippen LogP contribution >= 0.6 is 0 Å². The molecule has 1 rings (SSSR count). The SMILES string of the molecule is CCCCCCCCOC1CCCC(C)(C)C1NCCC. The van der Waals surface area contributed by atoms with E-state index in [9.17, 15) is 0 Å². The zero-order valence-corrected chi connectivity index (χ0v) is 15.0. The lowest BCUT2D eigenvalue weighted by molar-refractivity contribution is -0.0382. The highest BCUT2D eigenvalue weighted by Gasteiger charge is 2.38. The van der Waals surface area contributed by atoms with E-state index in [2.05, 4.69) is 33.0 Å². The first-order valence-electron chi connectivity index (χ1n) is 9.46. The van der Waals surface area contributed by atoms with Crippen molar-refractivity contribution in [3.05, 3.63) is 0 Å². The summed E-state index contributed by atoms with van der Waals surface area (Å²) in [6, 6.07) is 0.534. The van der Waals surface area contributed by atoms with Crippen molar-refractivity contribution >= 4 is 0 Å². The monoisotopic (exact) mass is 297 g/mol. The van der Waals surface area contributed by atoms with E-state index < -0.39 is 0 Å². The van der Waals surface area contributed by atoms with Gasteiger partial charge in [-0.05, 0) is 37.6 Å². The van der Waals surface area contributed by atoms with Gasteiger partial charge in [0, 0.05) is 12.6 Å². The van der Waals surface area contributed by atoms with Crippen LogP contribution in [0.5, 0.6) is 0 Å². The first kappa shape index (κ1) is 19.0. The molecule has 0 heterocycles. The van der Waals surface area contributed by atoms with Crippen molar-refractivity contribution in [2.45, 2.75) is 104 Å². The van der Waals surface area contributed by atoms with Gasteiger partial charge in [-0.15, -0.1) is 0 Å². The van der Waals surface area contributed by atoms with Crippen LogP contribution in [-0.2, 0) is 4.74 Å². The lowest BCUT2D eigenvalue weighted by Gasteiger charge is -2.44. The van der Waals surface area contributed by atoms with Crippen LogP contribution in [0.15, 0.2) is 0 Å². The van der Waals surface area contributed by atoms with Gasteiger partial charge in [0.25, 0.3) is 0 Å². The fraction of sp³-hybridized carbons (Fsp3) is 1.00. The van der Waals surface area contributed by atoms with E-state index in [1.807, 2.05) is 0 Å². The molecule has 2 atom stereocenters. The summed E-state index contributed by atoms with van der Waals surface area (Å²) in [5.74, 6) is 0. The van der Waals surface area contributed by atoms with Gasteiger partial charge < -0.3 is 10.1 Å². The Morgan fingerprint density at radius 2 is 1.71 bits per heavy atom. The van der Waals surface area contributed by atoms with Gasteiger partial charge in [-0.2, -0.15) is 0 Å².